The number of hydrogen-bond donors (Lipinski definition) is 2. The molecule has 1 aromatic rings. The molecule has 126 valence electrons. The van der Waals surface area contributed by atoms with E-state index in [1.807, 2.05) is 0 Å². The van der Waals surface area contributed by atoms with Crippen molar-refractivity contribution in [2.75, 3.05) is 13.2 Å². The van der Waals surface area contributed by atoms with Crippen LogP contribution in [0.4, 0.5) is 13.2 Å². The highest BCUT2D eigenvalue weighted by Crippen LogP contribution is 2.32. The molecule has 0 aliphatic carbocycles. The van der Waals surface area contributed by atoms with Gasteiger partial charge >= 0.3 is 12.1 Å². The molecule has 4 nitrogen and oxygen atoms in total. The second-order valence-electron chi connectivity index (χ2n) is 5.06. The zero-order valence-corrected chi connectivity index (χ0v) is 12.8. The first kappa shape index (κ1) is 17.8. The van der Waals surface area contributed by atoms with Gasteiger partial charge in [-0.25, -0.2) is 4.79 Å². The van der Waals surface area contributed by atoms with Crippen molar-refractivity contribution in [3.8, 4) is 0 Å². The molecule has 0 fully saturated rings. The summed E-state index contributed by atoms with van der Waals surface area (Å²) in [5.74, 6) is -2.76. The lowest BCUT2D eigenvalue weighted by molar-refractivity contribution is -0.192. The second kappa shape index (κ2) is 7.33. The van der Waals surface area contributed by atoms with Crippen molar-refractivity contribution in [2.24, 2.45) is 0 Å². The van der Waals surface area contributed by atoms with E-state index in [2.05, 4.69) is 23.5 Å². The van der Waals surface area contributed by atoms with E-state index in [-0.39, 0.29) is 0 Å². The number of hydrogen-bond acceptors (Lipinski definition) is 3. The summed E-state index contributed by atoms with van der Waals surface area (Å²) in [7, 11) is 0. The van der Waals surface area contributed by atoms with Crippen molar-refractivity contribution in [3.63, 3.8) is 0 Å². The molecule has 2 N–H and O–H groups in total. The summed E-state index contributed by atoms with van der Waals surface area (Å²) in [4.78, 5) is 8.90. The smallest absolute Gasteiger partial charge is 0.475 e. The van der Waals surface area contributed by atoms with Crippen LogP contribution in [0.25, 0.3) is 5.57 Å². The molecule has 8 heteroatoms. The summed E-state index contributed by atoms with van der Waals surface area (Å²) >= 11 is 6.33. The molecular formula is C15H15ClF3NO3. The minimum Gasteiger partial charge on any atom is -0.475 e. The second-order valence-corrected chi connectivity index (χ2v) is 5.47. The minimum absolute atomic E-state index is 0.709. The molecule has 0 amide bonds. The van der Waals surface area contributed by atoms with E-state index in [0.29, 0.717) is 6.61 Å². The molecule has 0 saturated carbocycles. The first-order valence-corrected chi connectivity index (χ1v) is 7.26. The molecule has 0 aromatic heterocycles. The van der Waals surface area contributed by atoms with Gasteiger partial charge < -0.3 is 15.2 Å². The van der Waals surface area contributed by atoms with E-state index in [1.54, 1.807) is 0 Å². The standard InChI is InChI=1S/C13H14ClNO.C2HF3O2/c14-13-6-11-8-15-7-10(11)5-12(13)9-1-3-16-4-2-9;3-2(4,5)1(6)7/h1,5-6,15H,2-4,7-8H2;(H,6,7). The van der Waals surface area contributed by atoms with Crippen molar-refractivity contribution in [1.29, 1.82) is 0 Å². The van der Waals surface area contributed by atoms with Gasteiger partial charge in [-0.1, -0.05) is 17.7 Å². The molecular weight excluding hydrogens is 335 g/mol. The number of carboxylic acid groups (broad SMARTS) is 1. The molecule has 2 aliphatic heterocycles. The van der Waals surface area contributed by atoms with Crippen molar-refractivity contribution < 1.29 is 27.8 Å². The summed E-state index contributed by atoms with van der Waals surface area (Å²) in [6, 6.07) is 4.33. The maximum Gasteiger partial charge on any atom is 0.490 e. The van der Waals surface area contributed by atoms with E-state index < -0.39 is 12.1 Å². The van der Waals surface area contributed by atoms with Crippen LogP contribution in [0.1, 0.15) is 23.1 Å². The van der Waals surface area contributed by atoms with Crippen LogP contribution in [-0.4, -0.2) is 30.5 Å². The normalized spacial score (nSPS) is 17.0. The Labute approximate surface area is 135 Å². The van der Waals surface area contributed by atoms with Crippen molar-refractivity contribution in [2.45, 2.75) is 25.7 Å². The number of ether oxygens (including phenoxy) is 1. The van der Waals surface area contributed by atoms with Crippen molar-refractivity contribution in [3.05, 3.63) is 39.9 Å². The number of halogens is 4. The number of nitrogens with one attached hydrogen (secondary N) is 1. The van der Waals surface area contributed by atoms with Crippen molar-refractivity contribution in [1.82, 2.24) is 5.32 Å². The van der Waals surface area contributed by atoms with Gasteiger partial charge in [-0.05, 0) is 40.8 Å². The van der Waals surface area contributed by atoms with E-state index in [1.165, 1.54) is 22.3 Å². The Kier molecular flexibility index (Phi) is 5.67. The first-order chi connectivity index (χ1) is 10.8. The maximum atomic E-state index is 10.6. The lowest BCUT2D eigenvalue weighted by atomic mass is 9.97. The van der Waals surface area contributed by atoms with Gasteiger partial charge in [0.05, 0.1) is 13.2 Å². The minimum atomic E-state index is -5.08. The van der Waals surface area contributed by atoms with Crippen LogP contribution >= 0.6 is 11.6 Å². The summed E-state index contributed by atoms with van der Waals surface area (Å²) in [5.41, 5.74) is 5.23. The van der Waals surface area contributed by atoms with Crippen LogP contribution in [0.15, 0.2) is 18.2 Å². The molecule has 0 unspecified atom stereocenters. The van der Waals surface area contributed by atoms with Crippen LogP contribution in [0.3, 0.4) is 0 Å². The van der Waals surface area contributed by atoms with Gasteiger partial charge in [0.2, 0.25) is 0 Å². The van der Waals surface area contributed by atoms with Gasteiger partial charge in [-0.2, -0.15) is 13.2 Å². The molecule has 0 saturated heterocycles. The summed E-state index contributed by atoms with van der Waals surface area (Å²) in [6.45, 7) is 3.42. The van der Waals surface area contributed by atoms with Gasteiger partial charge in [0.15, 0.2) is 0 Å². The summed E-state index contributed by atoms with van der Waals surface area (Å²) in [6.07, 6.45) is -1.98. The van der Waals surface area contributed by atoms with E-state index in [9.17, 15) is 13.2 Å². The van der Waals surface area contributed by atoms with Crippen LogP contribution in [0.5, 0.6) is 0 Å². The quantitative estimate of drug-likeness (QED) is 0.816. The molecule has 0 atom stereocenters. The topological polar surface area (TPSA) is 58.6 Å². The molecule has 0 radical (unpaired) electrons. The van der Waals surface area contributed by atoms with Crippen molar-refractivity contribution >= 4 is 23.1 Å². The fraction of sp³-hybridized carbons (Fsp3) is 0.400. The highest BCUT2D eigenvalue weighted by Gasteiger charge is 2.38. The Hall–Kier alpha value is -1.57. The average Bonchev–Trinajstić information content (AvgIpc) is 2.94. The lowest BCUT2D eigenvalue weighted by Crippen LogP contribution is -2.21. The van der Waals surface area contributed by atoms with Gasteiger partial charge in [0, 0.05) is 18.1 Å². The SMILES string of the molecule is Clc1cc2c(cc1C1=CCOCC1)CNC2.O=C(O)C(F)(F)F. The molecule has 0 bridgehead atoms. The number of rotatable bonds is 1. The van der Waals surface area contributed by atoms with Crippen LogP contribution in [-0.2, 0) is 22.6 Å². The third-order valence-electron chi connectivity index (χ3n) is 3.47. The monoisotopic (exact) mass is 349 g/mol. The predicted octanol–water partition coefficient (Wildman–Crippen LogP) is 3.38. The molecule has 1 aromatic carbocycles. The molecule has 2 heterocycles. The Morgan fingerprint density at radius 2 is 1.87 bits per heavy atom. The number of aliphatic carboxylic acids is 1. The van der Waals surface area contributed by atoms with Gasteiger partial charge in [-0.3, -0.25) is 0 Å². The summed E-state index contributed by atoms with van der Waals surface area (Å²) in [5, 5.41) is 11.3. The maximum absolute atomic E-state index is 10.6. The molecule has 0 spiro atoms. The van der Waals surface area contributed by atoms with Gasteiger partial charge in [0.25, 0.3) is 0 Å². The van der Waals surface area contributed by atoms with E-state index >= 15 is 0 Å². The molecule has 2 aliphatic rings. The zero-order chi connectivity index (χ0) is 17.0. The van der Waals surface area contributed by atoms with Gasteiger partial charge in [-0.15, -0.1) is 0 Å². The lowest BCUT2D eigenvalue weighted by Gasteiger charge is -2.16. The summed E-state index contributed by atoms with van der Waals surface area (Å²) < 4.78 is 37.1. The Balaban J connectivity index is 0.000000236. The molecule has 3 rings (SSSR count). The highest BCUT2D eigenvalue weighted by atomic mass is 35.5. The average molecular weight is 350 g/mol. The third kappa shape index (κ3) is 4.70. The Bertz CT molecular complexity index is 629. The third-order valence-corrected chi connectivity index (χ3v) is 3.78. The Morgan fingerprint density at radius 3 is 2.39 bits per heavy atom. The number of carbonyl (C=O) groups is 1. The number of alkyl halides is 3. The molecule has 23 heavy (non-hydrogen) atoms. The van der Waals surface area contributed by atoms with Gasteiger partial charge in [0.1, 0.15) is 0 Å². The highest BCUT2D eigenvalue weighted by molar-refractivity contribution is 6.32. The first-order valence-electron chi connectivity index (χ1n) is 6.88. The fourth-order valence-corrected chi connectivity index (χ4v) is 2.65. The number of benzene rings is 1. The number of fused-ring (bicyclic) bond motifs is 1. The van der Waals surface area contributed by atoms with E-state index in [0.717, 1.165) is 31.1 Å². The number of carboxylic acids is 1. The van der Waals surface area contributed by atoms with Crippen LogP contribution in [0.2, 0.25) is 5.02 Å². The zero-order valence-electron chi connectivity index (χ0n) is 12.0. The van der Waals surface area contributed by atoms with E-state index in [4.69, 9.17) is 26.2 Å². The predicted molar refractivity (Wildman–Crippen MR) is 79.1 cm³/mol. The van der Waals surface area contributed by atoms with Crippen LogP contribution < -0.4 is 5.32 Å². The van der Waals surface area contributed by atoms with Crippen LogP contribution in [0, 0.1) is 0 Å². The Morgan fingerprint density at radius 1 is 1.26 bits per heavy atom. The fourth-order valence-electron chi connectivity index (χ4n) is 2.34. The largest absolute Gasteiger partial charge is 0.490 e.